The molecule has 1 aliphatic heterocycles. The Morgan fingerprint density at radius 2 is 2.18 bits per heavy atom. The summed E-state index contributed by atoms with van der Waals surface area (Å²) >= 11 is 0. The van der Waals surface area contributed by atoms with Crippen molar-refractivity contribution in [3.05, 3.63) is 28.3 Å². The predicted octanol–water partition coefficient (Wildman–Crippen LogP) is 0.708. The molecule has 1 aromatic carbocycles. The van der Waals surface area contributed by atoms with E-state index in [0.717, 1.165) is 0 Å². The molecule has 1 aromatic rings. The lowest BCUT2D eigenvalue weighted by atomic mass is 10.1. The Bertz CT molecular complexity index is 486. The highest BCUT2D eigenvalue weighted by Crippen LogP contribution is 2.30. The molecule has 1 heterocycles. The number of carbonyl (C=O) groups excluding carboxylic acids is 1. The van der Waals surface area contributed by atoms with Crippen LogP contribution in [0.4, 0.5) is 17.1 Å². The van der Waals surface area contributed by atoms with Gasteiger partial charge in [-0.1, -0.05) is 0 Å². The van der Waals surface area contributed by atoms with Gasteiger partial charge in [-0.05, 0) is 13.0 Å². The van der Waals surface area contributed by atoms with Crippen LogP contribution in [-0.4, -0.2) is 28.1 Å². The fourth-order valence-electron chi connectivity index (χ4n) is 1.66. The molecular formula is C10H11N3O4. The fraction of sp³-hybridized carbons (Fsp3) is 0.300. The molecule has 7 heteroatoms. The molecule has 0 aromatic heterocycles. The number of nitrogens with zero attached hydrogens (tertiary/aromatic N) is 1. The van der Waals surface area contributed by atoms with E-state index < -0.39 is 23.0 Å². The third kappa shape index (κ3) is 2.04. The summed E-state index contributed by atoms with van der Waals surface area (Å²) in [7, 11) is 0. The highest BCUT2D eigenvalue weighted by molar-refractivity contribution is 6.03. The average molecular weight is 237 g/mol. The number of hydrogen-bond acceptors (Lipinski definition) is 5. The van der Waals surface area contributed by atoms with Crippen molar-refractivity contribution in [1.29, 1.82) is 0 Å². The lowest BCUT2D eigenvalue weighted by Gasteiger charge is -2.28. The molecule has 17 heavy (non-hydrogen) atoms. The molecule has 0 aliphatic carbocycles. The van der Waals surface area contributed by atoms with Crippen molar-refractivity contribution >= 4 is 23.0 Å². The fourth-order valence-corrected chi connectivity index (χ4v) is 1.66. The zero-order valence-electron chi connectivity index (χ0n) is 9.01. The van der Waals surface area contributed by atoms with Crippen molar-refractivity contribution in [3.8, 4) is 0 Å². The van der Waals surface area contributed by atoms with Crippen molar-refractivity contribution < 1.29 is 14.8 Å². The third-order valence-corrected chi connectivity index (χ3v) is 2.55. The van der Waals surface area contributed by atoms with Gasteiger partial charge in [-0.2, -0.15) is 0 Å². The van der Waals surface area contributed by atoms with Crippen LogP contribution in [0.5, 0.6) is 0 Å². The van der Waals surface area contributed by atoms with Crippen molar-refractivity contribution in [2.24, 2.45) is 0 Å². The maximum Gasteiger partial charge on any atom is 0.271 e. The molecule has 0 fully saturated rings. The summed E-state index contributed by atoms with van der Waals surface area (Å²) in [4.78, 5) is 21.6. The first kappa shape index (κ1) is 11.3. The molecule has 0 spiro atoms. The topological polar surface area (TPSA) is 104 Å². The summed E-state index contributed by atoms with van der Waals surface area (Å²) in [5, 5.41) is 25.3. The average Bonchev–Trinajstić information content (AvgIpc) is 2.26. The van der Waals surface area contributed by atoms with Gasteiger partial charge in [-0.25, -0.2) is 0 Å². The van der Waals surface area contributed by atoms with Crippen LogP contribution in [0.1, 0.15) is 6.92 Å². The number of benzene rings is 1. The first-order valence-corrected chi connectivity index (χ1v) is 5.03. The van der Waals surface area contributed by atoms with E-state index >= 15 is 0 Å². The van der Waals surface area contributed by atoms with Crippen molar-refractivity contribution in [2.45, 2.75) is 19.1 Å². The van der Waals surface area contributed by atoms with E-state index in [0.29, 0.717) is 11.4 Å². The standard InChI is InChI=1S/C10H11N3O4/c1-5(14)9-10(15)12-8-4-6(13(16)17)2-3-7(8)11-9/h2-5,9,11,14H,1H3,(H,12,15)/t5-,9-/m0/s1. The number of non-ortho nitro benzene ring substituents is 1. The first-order valence-electron chi connectivity index (χ1n) is 5.03. The number of carbonyl (C=O) groups is 1. The Kier molecular flexibility index (Phi) is 2.68. The molecule has 0 saturated carbocycles. The Morgan fingerprint density at radius 3 is 2.76 bits per heavy atom. The van der Waals surface area contributed by atoms with Crippen LogP contribution < -0.4 is 10.6 Å². The van der Waals surface area contributed by atoms with Crippen LogP contribution in [0, 0.1) is 10.1 Å². The first-order chi connectivity index (χ1) is 7.99. The number of rotatable bonds is 2. The number of nitro groups is 1. The van der Waals surface area contributed by atoms with Gasteiger partial charge in [0, 0.05) is 12.1 Å². The van der Waals surface area contributed by atoms with E-state index in [9.17, 15) is 20.0 Å². The molecule has 2 atom stereocenters. The van der Waals surface area contributed by atoms with E-state index in [2.05, 4.69) is 10.6 Å². The summed E-state index contributed by atoms with van der Waals surface area (Å²) in [6.07, 6.45) is -0.849. The number of anilines is 2. The summed E-state index contributed by atoms with van der Waals surface area (Å²) in [5.41, 5.74) is 0.809. The number of nitro benzene ring substituents is 1. The number of aliphatic hydroxyl groups is 1. The van der Waals surface area contributed by atoms with Gasteiger partial charge in [0.15, 0.2) is 0 Å². The maximum absolute atomic E-state index is 11.6. The van der Waals surface area contributed by atoms with Crippen LogP contribution in [0.3, 0.4) is 0 Å². The van der Waals surface area contributed by atoms with Crippen LogP contribution in [0.25, 0.3) is 0 Å². The minimum atomic E-state index is -0.849. The van der Waals surface area contributed by atoms with Gasteiger partial charge in [0.25, 0.3) is 5.69 Å². The Balaban J connectivity index is 2.35. The molecule has 90 valence electrons. The van der Waals surface area contributed by atoms with E-state index in [1.807, 2.05) is 0 Å². The number of fused-ring (bicyclic) bond motifs is 1. The van der Waals surface area contributed by atoms with Crippen LogP contribution in [-0.2, 0) is 4.79 Å². The highest BCUT2D eigenvalue weighted by Gasteiger charge is 2.29. The maximum atomic E-state index is 11.6. The van der Waals surface area contributed by atoms with Crippen molar-refractivity contribution in [2.75, 3.05) is 10.6 Å². The second-order valence-electron chi connectivity index (χ2n) is 3.84. The minimum Gasteiger partial charge on any atom is -0.391 e. The largest absolute Gasteiger partial charge is 0.391 e. The number of amides is 1. The Hall–Kier alpha value is -2.15. The van der Waals surface area contributed by atoms with Gasteiger partial charge in [0.2, 0.25) is 5.91 Å². The summed E-state index contributed by atoms with van der Waals surface area (Å²) in [6.45, 7) is 1.49. The molecule has 0 radical (unpaired) electrons. The van der Waals surface area contributed by atoms with Crippen molar-refractivity contribution in [3.63, 3.8) is 0 Å². The molecule has 0 saturated heterocycles. The highest BCUT2D eigenvalue weighted by atomic mass is 16.6. The van der Waals surface area contributed by atoms with Crippen LogP contribution in [0.2, 0.25) is 0 Å². The van der Waals surface area contributed by atoms with Crippen molar-refractivity contribution in [1.82, 2.24) is 0 Å². The predicted molar refractivity (Wildman–Crippen MR) is 60.8 cm³/mol. The molecular weight excluding hydrogens is 226 g/mol. The van der Waals surface area contributed by atoms with Gasteiger partial charge in [0.1, 0.15) is 6.04 Å². The number of hydrogen-bond donors (Lipinski definition) is 3. The SMILES string of the molecule is C[C@H](O)[C@@H]1Nc2ccc([N+](=O)[O-])cc2NC1=O. The molecule has 1 amide bonds. The van der Waals surface area contributed by atoms with Crippen LogP contribution >= 0.6 is 0 Å². The quantitative estimate of drug-likeness (QED) is 0.519. The van der Waals surface area contributed by atoms with E-state index in [1.165, 1.54) is 25.1 Å². The molecule has 1 aliphatic rings. The summed E-state index contributed by atoms with van der Waals surface area (Å²) < 4.78 is 0. The van der Waals surface area contributed by atoms with Gasteiger partial charge >= 0.3 is 0 Å². The molecule has 2 rings (SSSR count). The molecule has 0 unspecified atom stereocenters. The second-order valence-corrected chi connectivity index (χ2v) is 3.84. The number of nitrogens with one attached hydrogen (secondary N) is 2. The minimum absolute atomic E-state index is 0.0960. The summed E-state index contributed by atoms with van der Waals surface area (Å²) in [5.74, 6) is -0.409. The monoisotopic (exact) mass is 237 g/mol. The number of aliphatic hydroxyl groups excluding tert-OH is 1. The lowest BCUT2D eigenvalue weighted by molar-refractivity contribution is -0.384. The van der Waals surface area contributed by atoms with Gasteiger partial charge in [-0.3, -0.25) is 14.9 Å². The third-order valence-electron chi connectivity index (χ3n) is 2.55. The molecule has 0 bridgehead atoms. The van der Waals surface area contributed by atoms with Crippen LogP contribution in [0.15, 0.2) is 18.2 Å². The van der Waals surface area contributed by atoms with E-state index in [1.54, 1.807) is 0 Å². The second kappa shape index (κ2) is 4.02. The molecule has 3 N–H and O–H groups in total. The Labute approximate surface area is 96.6 Å². The lowest BCUT2D eigenvalue weighted by Crippen LogP contribution is -2.45. The Morgan fingerprint density at radius 1 is 1.47 bits per heavy atom. The van der Waals surface area contributed by atoms with Gasteiger partial charge < -0.3 is 15.7 Å². The summed E-state index contributed by atoms with van der Waals surface area (Å²) in [6, 6.07) is 3.37. The van der Waals surface area contributed by atoms with E-state index in [4.69, 9.17) is 0 Å². The van der Waals surface area contributed by atoms with Gasteiger partial charge in [0.05, 0.1) is 22.4 Å². The zero-order valence-corrected chi connectivity index (χ0v) is 9.01. The normalized spacial score (nSPS) is 19.9. The molecule has 7 nitrogen and oxygen atoms in total. The van der Waals surface area contributed by atoms with Gasteiger partial charge in [-0.15, -0.1) is 0 Å². The smallest absolute Gasteiger partial charge is 0.271 e. The zero-order chi connectivity index (χ0) is 12.6. The van der Waals surface area contributed by atoms with E-state index in [-0.39, 0.29) is 5.69 Å².